The molecule has 0 aliphatic carbocycles. The Morgan fingerprint density at radius 3 is 2.55 bits per heavy atom. The number of aromatic amines is 1. The molecule has 8 heteroatoms. The van der Waals surface area contributed by atoms with Crippen molar-refractivity contribution in [2.24, 2.45) is 5.10 Å². The topological polar surface area (TPSA) is 62.3 Å². The van der Waals surface area contributed by atoms with E-state index in [0.717, 1.165) is 35.1 Å². The predicted octanol–water partition coefficient (Wildman–Crippen LogP) is 6.45. The highest BCUT2D eigenvalue weighted by molar-refractivity contribution is 14.1. The molecule has 0 radical (unpaired) electrons. The Kier molecular flexibility index (Phi) is 6.56. The molecule has 1 aromatic heterocycles. The summed E-state index contributed by atoms with van der Waals surface area (Å²) in [7, 11) is 0. The van der Waals surface area contributed by atoms with E-state index in [4.69, 9.17) is 16.3 Å². The second-order valence-corrected chi connectivity index (χ2v) is 8.90. The minimum Gasteiger partial charge on any atom is -0.487 e. The number of imidazole rings is 1. The Balaban J connectivity index is 1.44. The molecule has 0 unspecified atom stereocenters. The zero-order valence-corrected chi connectivity index (χ0v) is 20.1. The summed E-state index contributed by atoms with van der Waals surface area (Å²) in [6.07, 6.45) is 1.76. The second kappa shape index (κ2) is 9.31. The number of hydrogen-bond acceptors (Lipinski definition) is 4. The first-order valence-corrected chi connectivity index (χ1v) is 11.2. The molecule has 0 saturated heterocycles. The zero-order valence-electron chi connectivity index (χ0n) is 15.0. The third-order valence-electron chi connectivity index (χ3n) is 4.12. The van der Waals surface area contributed by atoms with Crippen molar-refractivity contribution in [2.75, 3.05) is 5.43 Å². The van der Waals surface area contributed by atoms with E-state index in [-0.39, 0.29) is 0 Å². The summed E-state index contributed by atoms with van der Waals surface area (Å²) in [6, 6.07) is 19.6. The summed E-state index contributed by atoms with van der Waals surface area (Å²) in [5.74, 6) is 1.44. The van der Waals surface area contributed by atoms with Crippen LogP contribution in [-0.2, 0) is 6.61 Å². The van der Waals surface area contributed by atoms with Crippen molar-refractivity contribution in [3.05, 3.63) is 84.0 Å². The van der Waals surface area contributed by atoms with E-state index >= 15 is 0 Å². The lowest BCUT2D eigenvalue weighted by Gasteiger charge is -2.12. The average Bonchev–Trinajstić information content (AvgIpc) is 3.11. The van der Waals surface area contributed by atoms with Crippen LogP contribution in [0.5, 0.6) is 5.75 Å². The van der Waals surface area contributed by atoms with Crippen molar-refractivity contribution in [1.29, 1.82) is 0 Å². The van der Waals surface area contributed by atoms with Crippen molar-refractivity contribution in [3.63, 3.8) is 0 Å². The minimum absolute atomic E-state index is 0.423. The molecule has 4 aromatic rings. The Morgan fingerprint density at radius 1 is 1.07 bits per heavy atom. The van der Waals surface area contributed by atoms with Gasteiger partial charge in [0.15, 0.2) is 0 Å². The van der Waals surface area contributed by atoms with Gasteiger partial charge in [-0.25, -0.2) is 10.4 Å². The molecule has 0 amide bonds. The second-order valence-electron chi connectivity index (χ2n) is 6.17. The number of fused-ring (bicyclic) bond motifs is 1. The molecule has 0 fully saturated rings. The maximum absolute atomic E-state index is 6.21. The van der Waals surface area contributed by atoms with Gasteiger partial charge in [-0.3, -0.25) is 0 Å². The highest BCUT2D eigenvalue weighted by atomic mass is 127. The van der Waals surface area contributed by atoms with E-state index in [9.17, 15) is 0 Å². The van der Waals surface area contributed by atoms with E-state index in [1.807, 2.05) is 60.7 Å². The van der Waals surface area contributed by atoms with Crippen LogP contribution in [0.25, 0.3) is 11.0 Å². The van der Waals surface area contributed by atoms with Crippen molar-refractivity contribution >= 4 is 80.0 Å². The molecule has 0 bridgehead atoms. The highest BCUT2D eigenvalue weighted by Crippen LogP contribution is 2.30. The van der Waals surface area contributed by atoms with Gasteiger partial charge in [0.05, 0.1) is 24.4 Å². The van der Waals surface area contributed by atoms with Gasteiger partial charge >= 0.3 is 0 Å². The van der Waals surface area contributed by atoms with Crippen LogP contribution >= 0.6 is 56.8 Å². The van der Waals surface area contributed by atoms with Gasteiger partial charge in [-0.2, -0.15) is 5.10 Å². The molecule has 2 N–H and O–H groups in total. The molecule has 0 atom stereocenters. The molecule has 0 saturated carbocycles. The first-order valence-electron chi connectivity index (χ1n) is 8.69. The third kappa shape index (κ3) is 5.01. The van der Waals surface area contributed by atoms with Gasteiger partial charge in [0.25, 0.3) is 0 Å². The van der Waals surface area contributed by atoms with Crippen molar-refractivity contribution < 1.29 is 4.74 Å². The number of nitrogens with zero attached hydrogens (tertiary/aromatic N) is 2. The van der Waals surface area contributed by atoms with Crippen LogP contribution < -0.4 is 10.2 Å². The number of anilines is 1. The molecule has 29 heavy (non-hydrogen) atoms. The summed E-state index contributed by atoms with van der Waals surface area (Å²) >= 11 is 10.8. The van der Waals surface area contributed by atoms with Crippen LogP contribution in [-0.4, -0.2) is 16.2 Å². The Morgan fingerprint density at radius 2 is 1.79 bits per heavy atom. The predicted molar refractivity (Wildman–Crippen MR) is 135 cm³/mol. The first-order chi connectivity index (χ1) is 14.1. The summed E-state index contributed by atoms with van der Waals surface area (Å²) in [4.78, 5) is 7.62. The lowest BCUT2D eigenvalue weighted by molar-refractivity contribution is 0.302. The standard InChI is InChI=1S/C21H15ClI2N4O/c22-15-6-2-1-5-14(15)12-29-20-16(23)9-13(10-17(20)24)11-25-28-21-26-18-7-3-4-8-19(18)27-21/h1-11H,12H2,(H2,26,27,28)/b25-11-. The molecule has 5 nitrogen and oxygen atoms in total. The summed E-state index contributed by atoms with van der Waals surface area (Å²) < 4.78 is 8.03. The Bertz CT molecular complexity index is 1140. The molecule has 0 aliphatic rings. The molecular weight excluding hydrogens is 614 g/mol. The van der Waals surface area contributed by atoms with E-state index in [2.05, 4.69) is 65.7 Å². The number of H-pyrrole nitrogens is 1. The van der Waals surface area contributed by atoms with Crippen molar-refractivity contribution in [1.82, 2.24) is 9.97 Å². The van der Waals surface area contributed by atoms with E-state index in [1.54, 1.807) is 6.21 Å². The van der Waals surface area contributed by atoms with Gasteiger partial charge in [-0.05, 0) is 81.1 Å². The maximum atomic E-state index is 6.21. The number of halogens is 3. The van der Waals surface area contributed by atoms with Gasteiger partial charge in [0, 0.05) is 10.6 Å². The Hall–Kier alpha value is -1.85. The number of benzene rings is 3. The molecular formula is C21H15ClI2N4O. The highest BCUT2D eigenvalue weighted by Gasteiger charge is 2.10. The van der Waals surface area contributed by atoms with E-state index < -0.39 is 0 Å². The van der Waals surface area contributed by atoms with Crippen LogP contribution in [0.2, 0.25) is 5.02 Å². The molecule has 0 spiro atoms. The number of nitrogens with one attached hydrogen (secondary N) is 2. The fourth-order valence-corrected chi connectivity index (χ4v) is 5.05. The first kappa shape index (κ1) is 20.4. The van der Waals surface area contributed by atoms with Crippen molar-refractivity contribution in [2.45, 2.75) is 6.61 Å². The quantitative estimate of drug-likeness (QED) is 0.147. The molecule has 146 valence electrons. The van der Waals surface area contributed by atoms with Crippen LogP contribution in [0.1, 0.15) is 11.1 Å². The molecule has 0 aliphatic heterocycles. The average molecular weight is 629 g/mol. The maximum Gasteiger partial charge on any atom is 0.222 e. The van der Waals surface area contributed by atoms with Gasteiger partial charge in [0.1, 0.15) is 12.4 Å². The number of para-hydroxylation sites is 2. The number of aromatic nitrogens is 2. The van der Waals surface area contributed by atoms with E-state index in [0.29, 0.717) is 17.6 Å². The molecule has 1 heterocycles. The lowest BCUT2D eigenvalue weighted by atomic mass is 10.2. The number of rotatable bonds is 6. The van der Waals surface area contributed by atoms with Gasteiger partial charge in [-0.1, -0.05) is 41.9 Å². The summed E-state index contributed by atoms with van der Waals surface area (Å²) in [5.41, 5.74) is 6.73. The largest absolute Gasteiger partial charge is 0.487 e. The van der Waals surface area contributed by atoms with Crippen LogP contribution in [0.15, 0.2) is 65.8 Å². The minimum atomic E-state index is 0.423. The van der Waals surface area contributed by atoms with Gasteiger partial charge in [0.2, 0.25) is 5.95 Å². The number of hydrazone groups is 1. The number of ether oxygens (including phenoxy) is 1. The van der Waals surface area contributed by atoms with Crippen LogP contribution in [0.4, 0.5) is 5.95 Å². The monoisotopic (exact) mass is 628 g/mol. The van der Waals surface area contributed by atoms with Gasteiger partial charge < -0.3 is 9.72 Å². The van der Waals surface area contributed by atoms with Crippen LogP contribution in [0.3, 0.4) is 0 Å². The summed E-state index contributed by atoms with van der Waals surface area (Å²) in [5, 5.41) is 5.00. The molecule has 4 rings (SSSR count). The normalized spacial score (nSPS) is 11.3. The van der Waals surface area contributed by atoms with Gasteiger partial charge in [-0.15, -0.1) is 0 Å². The van der Waals surface area contributed by atoms with E-state index in [1.165, 1.54) is 0 Å². The smallest absolute Gasteiger partial charge is 0.222 e. The van der Waals surface area contributed by atoms with Crippen LogP contribution in [0, 0.1) is 7.14 Å². The van der Waals surface area contributed by atoms with Crippen molar-refractivity contribution in [3.8, 4) is 5.75 Å². The Labute approximate surface area is 200 Å². The fraction of sp³-hybridized carbons (Fsp3) is 0.0476. The zero-order chi connectivity index (χ0) is 20.2. The summed E-state index contributed by atoms with van der Waals surface area (Å²) in [6.45, 7) is 0.423. The molecule has 3 aromatic carbocycles. The fourth-order valence-electron chi connectivity index (χ4n) is 2.73. The number of hydrogen-bond donors (Lipinski definition) is 2. The SMILES string of the molecule is Clc1ccccc1COc1c(I)cc(/C=N\Nc2nc3ccccc3[nH]2)cc1I. The third-order valence-corrected chi connectivity index (χ3v) is 6.10. The lowest BCUT2D eigenvalue weighted by Crippen LogP contribution is -2.01.